The van der Waals surface area contributed by atoms with Gasteiger partial charge in [-0.3, -0.25) is 30.2 Å². The number of hydrogen-bond donors (Lipinski definition) is 0. The van der Waals surface area contributed by atoms with Gasteiger partial charge in [-0.15, -0.1) is 34.0 Å². The van der Waals surface area contributed by atoms with Crippen molar-refractivity contribution in [2.45, 2.75) is 0 Å². The maximum atomic E-state index is 11.3. The molecule has 0 aliphatic carbocycles. The first-order chi connectivity index (χ1) is 11.6. The number of pyridine rings is 2. The van der Waals surface area contributed by atoms with E-state index < -0.39 is 9.85 Å². The highest BCUT2D eigenvalue weighted by Gasteiger charge is 2.21. The Morgan fingerprint density at radius 1 is 0.769 bits per heavy atom. The topological polar surface area (TPSA) is 112 Å². The van der Waals surface area contributed by atoms with Crippen LogP contribution in [0.1, 0.15) is 0 Å². The van der Waals surface area contributed by atoms with Gasteiger partial charge >= 0.3 is 0 Å². The van der Waals surface area contributed by atoms with Gasteiger partial charge in [0.25, 0.3) is 11.4 Å². The SMILES string of the molecule is Br.Br.O=[N+]([O-])c1ccc(-c2cc(-c3ccncc3)ccn2)c([N+](=O)[O-])c1. The zero-order valence-corrected chi connectivity index (χ0v) is 16.4. The molecular weight excluding hydrogens is 472 g/mol. The quantitative estimate of drug-likeness (QED) is 0.389. The molecule has 1 aromatic carbocycles. The molecule has 2 heterocycles. The fraction of sp³-hybridized carbons (Fsp3) is 0. The number of halogens is 2. The number of hydrogen-bond acceptors (Lipinski definition) is 6. The van der Waals surface area contributed by atoms with Crippen molar-refractivity contribution in [3.63, 3.8) is 0 Å². The molecule has 10 heteroatoms. The Kier molecular flexibility index (Phi) is 7.47. The average Bonchev–Trinajstić information content (AvgIpc) is 2.62. The van der Waals surface area contributed by atoms with Gasteiger partial charge < -0.3 is 0 Å². The monoisotopic (exact) mass is 482 g/mol. The number of non-ortho nitro benzene ring substituents is 1. The predicted molar refractivity (Wildman–Crippen MR) is 107 cm³/mol. The molecule has 3 rings (SSSR count). The van der Waals surface area contributed by atoms with E-state index >= 15 is 0 Å². The maximum absolute atomic E-state index is 11.3. The van der Waals surface area contributed by atoms with Crippen molar-refractivity contribution in [3.05, 3.63) is 81.3 Å². The third kappa shape index (κ3) is 4.46. The first-order valence-corrected chi connectivity index (χ1v) is 6.86. The Bertz CT molecular complexity index is 939. The Labute approximate surface area is 168 Å². The molecule has 0 saturated heterocycles. The van der Waals surface area contributed by atoms with E-state index in [1.807, 2.05) is 12.1 Å². The summed E-state index contributed by atoms with van der Waals surface area (Å²) >= 11 is 0. The molecule has 0 radical (unpaired) electrons. The van der Waals surface area contributed by atoms with Crippen molar-refractivity contribution in [1.29, 1.82) is 0 Å². The van der Waals surface area contributed by atoms with Crippen molar-refractivity contribution in [3.8, 4) is 22.4 Å². The number of nitro benzene ring substituents is 2. The van der Waals surface area contributed by atoms with Crippen LogP contribution in [0, 0.1) is 20.2 Å². The molecule has 0 fully saturated rings. The van der Waals surface area contributed by atoms with E-state index in [0.29, 0.717) is 5.69 Å². The molecule has 0 amide bonds. The van der Waals surface area contributed by atoms with E-state index in [0.717, 1.165) is 17.2 Å². The van der Waals surface area contributed by atoms with E-state index in [9.17, 15) is 20.2 Å². The number of rotatable bonds is 4. The van der Waals surface area contributed by atoms with Crippen molar-refractivity contribution < 1.29 is 9.85 Å². The van der Waals surface area contributed by atoms with Gasteiger partial charge in [-0.05, 0) is 41.5 Å². The van der Waals surface area contributed by atoms with Crippen LogP contribution >= 0.6 is 34.0 Å². The zero-order valence-electron chi connectivity index (χ0n) is 13.0. The van der Waals surface area contributed by atoms with Crippen LogP contribution in [-0.4, -0.2) is 19.8 Å². The average molecular weight is 484 g/mol. The molecule has 0 aliphatic heterocycles. The minimum absolute atomic E-state index is 0. The number of benzene rings is 1. The third-order valence-corrected chi connectivity index (χ3v) is 3.44. The van der Waals surface area contributed by atoms with Crippen LogP contribution in [0.3, 0.4) is 0 Å². The minimum atomic E-state index is -0.669. The van der Waals surface area contributed by atoms with Gasteiger partial charge in [-0.1, -0.05) is 0 Å². The van der Waals surface area contributed by atoms with Gasteiger partial charge in [0, 0.05) is 24.7 Å². The summed E-state index contributed by atoms with van der Waals surface area (Å²) in [4.78, 5) is 28.9. The Morgan fingerprint density at radius 2 is 1.42 bits per heavy atom. The number of nitrogens with zero attached hydrogens (tertiary/aromatic N) is 4. The summed E-state index contributed by atoms with van der Waals surface area (Å²) in [6.07, 6.45) is 4.82. The highest BCUT2D eigenvalue weighted by molar-refractivity contribution is 8.93. The molecule has 26 heavy (non-hydrogen) atoms. The summed E-state index contributed by atoms with van der Waals surface area (Å²) in [7, 11) is 0. The molecule has 0 aliphatic rings. The van der Waals surface area contributed by atoms with Crippen molar-refractivity contribution in [2.75, 3.05) is 0 Å². The summed E-state index contributed by atoms with van der Waals surface area (Å²) in [5, 5.41) is 22.1. The van der Waals surface area contributed by atoms with E-state index in [4.69, 9.17) is 0 Å². The summed E-state index contributed by atoms with van der Waals surface area (Å²) in [6.45, 7) is 0. The van der Waals surface area contributed by atoms with Gasteiger partial charge in [0.15, 0.2) is 0 Å². The van der Waals surface area contributed by atoms with E-state index in [-0.39, 0.29) is 50.9 Å². The molecule has 0 bridgehead atoms. The molecule has 2 aromatic heterocycles. The van der Waals surface area contributed by atoms with Crippen molar-refractivity contribution in [2.24, 2.45) is 0 Å². The summed E-state index contributed by atoms with van der Waals surface area (Å²) in [5.74, 6) is 0. The highest BCUT2D eigenvalue weighted by Crippen LogP contribution is 2.33. The van der Waals surface area contributed by atoms with Gasteiger partial charge in [0.2, 0.25) is 0 Å². The molecule has 134 valence electrons. The lowest BCUT2D eigenvalue weighted by Gasteiger charge is -2.06. The van der Waals surface area contributed by atoms with Crippen LogP contribution in [0.15, 0.2) is 61.1 Å². The second kappa shape index (κ2) is 9.11. The largest absolute Gasteiger partial charge is 0.285 e. The van der Waals surface area contributed by atoms with Crippen molar-refractivity contribution in [1.82, 2.24) is 9.97 Å². The maximum Gasteiger partial charge on any atom is 0.285 e. The summed E-state index contributed by atoms with van der Waals surface area (Å²) in [5.41, 5.74) is 1.60. The second-order valence-electron chi connectivity index (χ2n) is 4.88. The molecule has 0 spiro atoms. The lowest BCUT2D eigenvalue weighted by Crippen LogP contribution is -1.96. The first-order valence-electron chi connectivity index (χ1n) is 6.86. The van der Waals surface area contributed by atoms with Crippen LogP contribution in [0.4, 0.5) is 11.4 Å². The fourth-order valence-corrected chi connectivity index (χ4v) is 2.30. The number of nitro groups is 2. The molecule has 0 saturated carbocycles. The van der Waals surface area contributed by atoms with E-state index in [1.54, 1.807) is 24.5 Å². The molecule has 0 unspecified atom stereocenters. The molecule has 8 nitrogen and oxygen atoms in total. The lowest BCUT2D eigenvalue weighted by atomic mass is 10.0. The second-order valence-corrected chi connectivity index (χ2v) is 4.88. The molecule has 0 atom stereocenters. The summed E-state index contributed by atoms with van der Waals surface area (Å²) in [6, 6.07) is 10.6. The van der Waals surface area contributed by atoms with Gasteiger partial charge in [0.1, 0.15) is 0 Å². The van der Waals surface area contributed by atoms with Crippen LogP contribution in [0.2, 0.25) is 0 Å². The first kappa shape index (κ1) is 21.3. The minimum Gasteiger partial charge on any atom is -0.265 e. The van der Waals surface area contributed by atoms with Crippen LogP contribution in [-0.2, 0) is 0 Å². The standard InChI is InChI=1S/C16H10N4O4.2BrH/c21-19(22)13-1-2-14(16(10-13)20(23)24)15-9-12(5-8-18-15)11-3-6-17-7-4-11;;/h1-10H;2*1H. The normalized spacial score (nSPS) is 9.54. The smallest absolute Gasteiger partial charge is 0.265 e. The fourth-order valence-electron chi connectivity index (χ4n) is 2.30. The molecule has 3 aromatic rings. The zero-order chi connectivity index (χ0) is 17.1. The van der Waals surface area contributed by atoms with Crippen LogP contribution < -0.4 is 0 Å². The van der Waals surface area contributed by atoms with Crippen LogP contribution in [0.25, 0.3) is 22.4 Å². The highest BCUT2D eigenvalue weighted by atomic mass is 79.9. The van der Waals surface area contributed by atoms with Gasteiger partial charge in [-0.2, -0.15) is 0 Å². The number of aromatic nitrogens is 2. The van der Waals surface area contributed by atoms with E-state index in [1.165, 1.54) is 18.3 Å². The van der Waals surface area contributed by atoms with Crippen LogP contribution in [0.5, 0.6) is 0 Å². The Hall–Kier alpha value is -2.72. The summed E-state index contributed by atoms with van der Waals surface area (Å²) < 4.78 is 0. The van der Waals surface area contributed by atoms with E-state index in [2.05, 4.69) is 9.97 Å². The third-order valence-electron chi connectivity index (χ3n) is 3.44. The Balaban J connectivity index is 0.00000169. The van der Waals surface area contributed by atoms with Gasteiger partial charge in [-0.25, -0.2) is 0 Å². The molecule has 0 N–H and O–H groups in total. The lowest BCUT2D eigenvalue weighted by molar-refractivity contribution is -0.393. The van der Waals surface area contributed by atoms with Gasteiger partial charge in [0.05, 0.1) is 27.2 Å². The molecular formula is C16H12Br2N4O4. The predicted octanol–water partition coefficient (Wildman–Crippen LogP) is 4.78. The Morgan fingerprint density at radius 3 is 2.04 bits per heavy atom. The van der Waals surface area contributed by atoms with Crippen molar-refractivity contribution >= 4 is 45.3 Å².